The number of hydrogen-bond acceptors (Lipinski definition) is 5. The summed E-state index contributed by atoms with van der Waals surface area (Å²) in [5, 5.41) is 19.4. The minimum atomic E-state index is -1.98. The van der Waals surface area contributed by atoms with Crippen molar-refractivity contribution in [1.29, 1.82) is 0 Å². The van der Waals surface area contributed by atoms with Gasteiger partial charge in [0.1, 0.15) is 6.10 Å². The summed E-state index contributed by atoms with van der Waals surface area (Å²) in [5.74, 6) is 0. The molecule has 2 aromatic rings. The molecule has 0 unspecified atom stereocenters. The fourth-order valence-electron chi connectivity index (χ4n) is 2.30. The Balaban J connectivity index is 2.15. The Bertz CT molecular complexity index is 669. The lowest BCUT2D eigenvalue weighted by Crippen LogP contribution is -2.44. The number of aromatic amines is 1. The number of ether oxygens (including phenoxy) is 1. The predicted molar refractivity (Wildman–Crippen MR) is 62.3 cm³/mol. The van der Waals surface area contributed by atoms with Gasteiger partial charge in [-0.05, 0) is 6.07 Å². The summed E-state index contributed by atoms with van der Waals surface area (Å²) in [6.45, 7) is -0.853. The molecular weight excluding hydrogens is 257 g/mol. The van der Waals surface area contributed by atoms with Crippen LogP contribution in [0.15, 0.2) is 23.4 Å². The molecule has 1 fully saturated rings. The Morgan fingerprint density at radius 2 is 2.47 bits per heavy atom. The monoisotopic (exact) mass is 269 g/mol. The first-order chi connectivity index (χ1) is 9.08. The topological polar surface area (TPSA) is 100 Å². The molecule has 0 saturated carbocycles. The normalized spacial score (nSPS) is 31.1. The second-order valence-corrected chi connectivity index (χ2v) is 4.47. The number of nitrogens with one attached hydrogen (secondary N) is 1. The van der Waals surface area contributed by atoms with Crippen molar-refractivity contribution in [3.8, 4) is 0 Å². The van der Waals surface area contributed by atoms with Crippen LogP contribution in [0.25, 0.3) is 11.0 Å². The van der Waals surface area contributed by atoms with E-state index in [4.69, 9.17) is 9.84 Å². The fraction of sp³-hybridized carbons (Fsp3) is 0.455. The number of imidazole rings is 1. The lowest BCUT2D eigenvalue weighted by atomic mass is 10.1. The zero-order valence-corrected chi connectivity index (χ0v) is 9.78. The van der Waals surface area contributed by atoms with Gasteiger partial charge in [-0.3, -0.25) is 9.36 Å². The highest BCUT2D eigenvalue weighted by atomic mass is 19.1. The number of fused-ring (bicyclic) bond motifs is 1. The van der Waals surface area contributed by atoms with Crippen molar-refractivity contribution in [2.45, 2.75) is 18.0 Å². The third kappa shape index (κ3) is 1.61. The number of rotatable bonds is 2. The molecule has 3 atom stereocenters. The van der Waals surface area contributed by atoms with Gasteiger partial charge >= 0.3 is 0 Å². The van der Waals surface area contributed by atoms with E-state index in [1.807, 2.05) is 0 Å². The molecular formula is C11H12FN3O4. The number of H-pyrrole nitrogens is 1. The Hall–Kier alpha value is -1.77. The summed E-state index contributed by atoms with van der Waals surface area (Å²) in [5.41, 5.74) is -1.99. The number of aliphatic hydroxyl groups excluding tert-OH is 1. The lowest BCUT2D eigenvalue weighted by molar-refractivity contribution is -0.0787. The molecule has 1 aliphatic rings. The van der Waals surface area contributed by atoms with Crippen molar-refractivity contribution in [3.63, 3.8) is 0 Å². The molecule has 1 aliphatic heterocycles. The molecule has 0 amide bonds. The summed E-state index contributed by atoms with van der Waals surface area (Å²) in [4.78, 5) is 17.8. The van der Waals surface area contributed by atoms with Crippen LogP contribution in [0.4, 0.5) is 4.39 Å². The van der Waals surface area contributed by atoms with Crippen LogP contribution in [-0.2, 0) is 10.5 Å². The number of hydrogen-bond donors (Lipinski definition) is 3. The van der Waals surface area contributed by atoms with Crippen molar-refractivity contribution in [2.24, 2.45) is 0 Å². The number of pyridine rings is 1. The molecule has 0 aromatic carbocycles. The summed E-state index contributed by atoms with van der Waals surface area (Å²) >= 11 is 0. The molecule has 3 N–H and O–H groups in total. The average molecular weight is 269 g/mol. The maximum Gasteiger partial charge on any atom is 0.276 e. The zero-order chi connectivity index (χ0) is 13.6. The Morgan fingerprint density at radius 1 is 1.68 bits per heavy atom. The van der Waals surface area contributed by atoms with E-state index in [0.717, 1.165) is 4.57 Å². The van der Waals surface area contributed by atoms with E-state index in [1.165, 1.54) is 18.6 Å². The third-order valence-corrected chi connectivity index (χ3v) is 3.35. The van der Waals surface area contributed by atoms with Crippen LogP contribution in [0.2, 0.25) is 0 Å². The van der Waals surface area contributed by atoms with Crippen molar-refractivity contribution in [2.75, 3.05) is 13.2 Å². The SMILES string of the molecule is O=c1[nH]ccc2c1ncn2[C@@]1(O)CO[C@H](CO)[C@@H]1F. The number of alkyl halides is 1. The van der Waals surface area contributed by atoms with Gasteiger partial charge in [0, 0.05) is 6.20 Å². The highest BCUT2D eigenvalue weighted by Gasteiger charge is 2.51. The van der Waals surface area contributed by atoms with Crippen molar-refractivity contribution >= 4 is 11.0 Å². The molecule has 19 heavy (non-hydrogen) atoms. The second-order valence-electron chi connectivity index (χ2n) is 4.47. The number of nitrogens with zero attached hydrogens (tertiary/aromatic N) is 2. The Morgan fingerprint density at radius 3 is 3.16 bits per heavy atom. The summed E-state index contributed by atoms with van der Waals surface area (Å²) < 4.78 is 20.3. The highest BCUT2D eigenvalue weighted by Crippen LogP contribution is 2.33. The number of aliphatic hydroxyl groups is 2. The van der Waals surface area contributed by atoms with Crippen LogP contribution in [0.3, 0.4) is 0 Å². The van der Waals surface area contributed by atoms with Crippen LogP contribution in [-0.4, -0.2) is 50.2 Å². The van der Waals surface area contributed by atoms with Gasteiger partial charge in [0.05, 0.1) is 25.1 Å². The van der Waals surface area contributed by atoms with E-state index < -0.39 is 30.2 Å². The van der Waals surface area contributed by atoms with Gasteiger partial charge in [0.2, 0.25) is 5.72 Å². The minimum absolute atomic E-state index is 0.107. The summed E-state index contributed by atoms with van der Waals surface area (Å²) in [6, 6.07) is 1.51. The van der Waals surface area contributed by atoms with Crippen LogP contribution in [0, 0.1) is 0 Å². The minimum Gasteiger partial charge on any atom is -0.394 e. The molecule has 102 valence electrons. The standard InChI is InChI=1S/C11H12FN3O4/c12-9-7(3-16)19-4-11(9,18)15-5-14-8-6(15)1-2-13-10(8)17/h1-2,5,7,9,16,18H,3-4H2,(H,13,17)/t7-,9+,11-/m1/s1. The first-order valence-electron chi connectivity index (χ1n) is 5.72. The smallest absolute Gasteiger partial charge is 0.276 e. The summed E-state index contributed by atoms with van der Waals surface area (Å²) in [6.07, 6.45) is -0.326. The zero-order valence-electron chi connectivity index (χ0n) is 9.78. The molecule has 0 aliphatic carbocycles. The molecule has 0 spiro atoms. The van der Waals surface area contributed by atoms with E-state index in [0.29, 0.717) is 5.52 Å². The summed E-state index contributed by atoms with van der Waals surface area (Å²) in [7, 11) is 0. The maximum atomic E-state index is 14.2. The van der Waals surface area contributed by atoms with Gasteiger partial charge in [-0.25, -0.2) is 9.37 Å². The van der Waals surface area contributed by atoms with Crippen LogP contribution in [0.5, 0.6) is 0 Å². The molecule has 1 saturated heterocycles. The van der Waals surface area contributed by atoms with E-state index in [2.05, 4.69) is 9.97 Å². The molecule has 7 nitrogen and oxygen atoms in total. The molecule has 0 bridgehead atoms. The highest BCUT2D eigenvalue weighted by molar-refractivity contribution is 5.74. The van der Waals surface area contributed by atoms with Gasteiger partial charge in [0.25, 0.3) is 5.56 Å². The van der Waals surface area contributed by atoms with Crippen molar-refractivity contribution < 1.29 is 19.3 Å². The molecule has 8 heteroatoms. The predicted octanol–water partition coefficient (Wildman–Crippen LogP) is -0.901. The van der Waals surface area contributed by atoms with Gasteiger partial charge < -0.3 is 19.9 Å². The van der Waals surface area contributed by atoms with Crippen LogP contribution in [0.1, 0.15) is 0 Å². The van der Waals surface area contributed by atoms with Crippen molar-refractivity contribution in [1.82, 2.24) is 14.5 Å². The van der Waals surface area contributed by atoms with Gasteiger partial charge in [-0.15, -0.1) is 0 Å². The van der Waals surface area contributed by atoms with Gasteiger partial charge in [-0.2, -0.15) is 0 Å². The number of halogens is 1. The Labute approximate surface area is 106 Å². The lowest BCUT2D eigenvalue weighted by Gasteiger charge is -2.26. The first kappa shape index (κ1) is 12.3. The van der Waals surface area contributed by atoms with E-state index in [9.17, 15) is 14.3 Å². The molecule has 3 rings (SSSR count). The van der Waals surface area contributed by atoms with Crippen LogP contribution >= 0.6 is 0 Å². The fourth-order valence-corrected chi connectivity index (χ4v) is 2.30. The van der Waals surface area contributed by atoms with E-state index in [1.54, 1.807) is 0 Å². The Kier molecular flexibility index (Phi) is 2.66. The van der Waals surface area contributed by atoms with E-state index >= 15 is 0 Å². The molecule has 0 radical (unpaired) electrons. The first-order valence-corrected chi connectivity index (χ1v) is 5.72. The largest absolute Gasteiger partial charge is 0.394 e. The van der Waals surface area contributed by atoms with Gasteiger partial charge in [-0.1, -0.05) is 0 Å². The molecule has 3 heterocycles. The quantitative estimate of drug-likeness (QED) is 0.656. The average Bonchev–Trinajstić information content (AvgIpc) is 2.95. The third-order valence-electron chi connectivity index (χ3n) is 3.35. The van der Waals surface area contributed by atoms with Crippen molar-refractivity contribution in [3.05, 3.63) is 28.9 Å². The molecule has 2 aromatic heterocycles. The van der Waals surface area contributed by atoms with E-state index in [-0.39, 0.29) is 12.1 Å². The second kappa shape index (κ2) is 4.12. The maximum absolute atomic E-state index is 14.2. The van der Waals surface area contributed by atoms with Gasteiger partial charge in [0.15, 0.2) is 11.7 Å². The van der Waals surface area contributed by atoms with Crippen LogP contribution < -0.4 is 5.56 Å². The number of aromatic nitrogens is 3.